The fourth-order valence-corrected chi connectivity index (χ4v) is 1.94. The van der Waals surface area contributed by atoms with Crippen LogP contribution in [-0.4, -0.2) is 8.32 Å². The van der Waals surface area contributed by atoms with Crippen molar-refractivity contribution in [3.05, 3.63) is 24.0 Å². The minimum Gasteiger partial charge on any atom is -0.577 e. The molecule has 0 aliphatic rings. The molecule has 0 radical (unpaired) electrons. The molecule has 3 heteroatoms. The zero-order chi connectivity index (χ0) is 14.1. The van der Waals surface area contributed by atoms with Crippen LogP contribution in [0.25, 0.3) is 0 Å². The maximum atomic E-state index is 6.15. The van der Waals surface area contributed by atoms with E-state index in [1.807, 2.05) is 0 Å². The van der Waals surface area contributed by atoms with E-state index in [0.717, 1.165) is 11.3 Å². The normalized spacial score (nSPS) is 13.9. The van der Waals surface area contributed by atoms with Gasteiger partial charge < -0.3 is 4.43 Å². The summed E-state index contributed by atoms with van der Waals surface area (Å²) in [4.78, 5) is 0. The van der Waals surface area contributed by atoms with Gasteiger partial charge in [0.15, 0.2) is 0 Å². The number of hydrogen-bond donors (Lipinski definition) is 0. The Bertz CT molecular complexity index is 311. The molecule has 0 amide bonds. The van der Waals surface area contributed by atoms with Crippen molar-refractivity contribution in [2.45, 2.75) is 61.2 Å². The van der Waals surface area contributed by atoms with Crippen LogP contribution in [-0.2, 0) is 4.43 Å². The minimum atomic E-state index is -1.62. The van der Waals surface area contributed by atoms with E-state index in [4.69, 9.17) is 4.43 Å². The Labute approximate surface area is 127 Å². The molecule has 0 saturated heterocycles. The van der Waals surface area contributed by atoms with E-state index in [9.17, 15) is 0 Å². The van der Waals surface area contributed by atoms with E-state index in [0.29, 0.717) is 0 Å². The molecule has 0 aliphatic carbocycles. The predicted molar refractivity (Wildman–Crippen MR) is 79.2 cm³/mol. The number of allylic oxidation sites excluding steroid dienone is 2. The average Bonchev–Trinajstić information content (AvgIpc) is 1.94. The molecule has 0 aliphatic heterocycles. The standard InChI is InChI=1S/C15H29OSi.Li/c1-12(15(5,6)7)13(11-14(2,3)4)16-17(8,9)10;/h1H2,2-10H3;/q-1;+1. The first kappa shape index (κ1) is 20.4. The third kappa shape index (κ3) is 9.08. The van der Waals surface area contributed by atoms with Gasteiger partial charge in [0.05, 0.1) is 0 Å². The maximum absolute atomic E-state index is 6.15. The van der Waals surface area contributed by atoms with Gasteiger partial charge in [-0.25, -0.2) is 6.08 Å². The number of rotatable bonds is 3. The van der Waals surface area contributed by atoms with E-state index in [2.05, 4.69) is 73.8 Å². The van der Waals surface area contributed by atoms with E-state index in [-0.39, 0.29) is 29.7 Å². The van der Waals surface area contributed by atoms with Crippen LogP contribution in [0.5, 0.6) is 0 Å². The van der Waals surface area contributed by atoms with Gasteiger partial charge >= 0.3 is 18.9 Å². The Balaban J connectivity index is 0. The molecule has 0 spiro atoms. The molecule has 0 bridgehead atoms. The van der Waals surface area contributed by atoms with Crippen molar-refractivity contribution in [2.24, 2.45) is 10.8 Å². The Morgan fingerprint density at radius 2 is 1.39 bits per heavy atom. The van der Waals surface area contributed by atoms with Gasteiger partial charge in [0, 0.05) is 0 Å². The average molecular weight is 260 g/mol. The van der Waals surface area contributed by atoms with Gasteiger partial charge in [0.25, 0.3) is 0 Å². The van der Waals surface area contributed by atoms with Crippen LogP contribution in [0.3, 0.4) is 0 Å². The summed E-state index contributed by atoms with van der Waals surface area (Å²) in [7, 11) is -1.62. The van der Waals surface area contributed by atoms with Crippen LogP contribution in [0.15, 0.2) is 17.9 Å². The van der Waals surface area contributed by atoms with Gasteiger partial charge in [-0.05, 0) is 19.6 Å². The van der Waals surface area contributed by atoms with Crippen molar-refractivity contribution in [2.75, 3.05) is 0 Å². The smallest absolute Gasteiger partial charge is 0.577 e. The molecule has 0 aromatic rings. The van der Waals surface area contributed by atoms with Gasteiger partial charge in [-0.3, -0.25) is 0 Å². The van der Waals surface area contributed by atoms with Crippen molar-refractivity contribution >= 4 is 8.32 Å². The molecule has 100 valence electrons. The summed E-state index contributed by atoms with van der Waals surface area (Å²) in [6.07, 6.45) is 3.45. The third-order valence-corrected chi connectivity index (χ3v) is 2.89. The fourth-order valence-electron chi connectivity index (χ4n) is 1.15. The first-order valence-electron chi connectivity index (χ1n) is 6.26. The zero-order valence-corrected chi connectivity index (χ0v) is 15.1. The van der Waals surface area contributed by atoms with Gasteiger partial charge in [0.2, 0.25) is 8.32 Å². The molecule has 0 aromatic carbocycles. The molecule has 0 N–H and O–H groups in total. The van der Waals surface area contributed by atoms with E-state index < -0.39 is 8.32 Å². The predicted octanol–water partition coefficient (Wildman–Crippen LogP) is 2.18. The molecule has 18 heavy (non-hydrogen) atoms. The van der Waals surface area contributed by atoms with Crippen LogP contribution >= 0.6 is 0 Å². The van der Waals surface area contributed by atoms with Crippen LogP contribution in [0.2, 0.25) is 19.6 Å². The summed E-state index contributed by atoms with van der Waals surface area (Å²) in [5, 5.41) is 0. The Morgan fingerprint density at radius 1 is 1.00 bits per heavy atom. The van der Waals surface area contributed by atoms with E-state index >= 15 is 0 Å². The molecule has 0 aromatic heterocycles. The molecular weight excluding hydrogens is 231 g/mol. The topological polar surface area (TPSA) is 9.23 Å². The maximum Gasteiger partial charge on any atom is 1.00 e. The number of hydrogen-bond acceptors (Lipinski definition) is 1. The third-order valence-electron chi connectivity index (χ3n) is 2.08. The van der Waals surface area contributed by atoms with Crippen LogP contribution in [0, 0.1) is 16.9 Å². The summed E-state index contributed by atoms with van der Waals surface area (Å²) in [5.41, 5.74) is 1.05. The van der Waals surface area contributed by atoms with Crippen molar-refractivity contribution < 1.29 is 23.3 Å². The van der Waals surface area contributed by atoms with Crippen molar-refractivity contribution in [1.29, 1.82) is 0 Å². The molecule has 0 unspecified atom stereocenters. The molecule has 0 atom stereocenters. The fraction of sp³-hybridized carbons (Fsp3) is 0.733. The van der Waals surface area contributed by atoms with Crippen molar-refractivity contribution in [3.63, 3.8) is 0 Å². The Morgan fingerprint density at radius 3 is 1.61 bits per heavy atom. The second-order valence-electron chi connectivity index (χ2n) is 7.65. The molecule has 0 heterocycles. The summed E-state index contributed by atoms with van der Waals surface area (Å²) < 4.78 is 6.15. The van der Waals surface area contributed by atoms with Crippen LogP contribution in [0.1, 0.15) is 41.5 Å². The van der Waals surface area contributed by atoms with Gasteiger partial charge in [-0.15, -0.1) is 0 Å². The molecule has 0 rings (SSSR count). The van der Waals surface area contributed by atoms with E-state index in [1.54, 1.807) is 0 Å². The molecule has 1 nitrogen and oxygen atoms in total. The van der Waals surface area contributed by atoms with Crippen molar-refractivity contribution in [1.82, 2.24) is 0 Å². The van der Waals surface area contributed by atoms with Gasteiger partial charge in [0.1, 0.15) is 0 Å². The summed E-state index contributed by atoms with van der Waals surface area (Å²) in [6, 6.07) is 0. The van der Waals surface area contributed by atoms with Gasteiger partial charge in [-0.2, -0.15) is 12.2 Å². The first-order chi connectivity index (χ1) is 7.22. The zero-order valence-electron chi connectivity index (χ0n) is 14.1. The summed E-state index contributed by atoms with van der Waals surface area (Å²) in [6.45, 7) is 23.6. The quantitative estimate of drug-likeness (QED) is 0.327. The molecule has 0 saturated carbocycles. The van der Waals surface area contributed by atoms with Gasteiger partial charge in [-0.1, -0.05) is 58.1 Å². The first-order valence-corrected chi connectivity index (χ1v) is 9.67. The van der Waals surface area contributed by atoms with Crippen molar-refractivity contribution in [3.8, 4) is 0 Å². The van der Waals surface area contributed by atoms with E-state index in [1.165, 1.54) is 0 Å². The second-order valence-corrected chi connectivity index (χ2v) is 12.1. The molecule has 0 fully saturated rings. The summed E-state index contributed by atoms with van der Waals surface area (Å²) >= 11 is 0. The summed E-state index contributed by atoms with van der Waals surface area (Å²) in [5.74, 6) is 0.865. The van der Waals surface area contributed by atoms with Crippen LogP contribution in [0.4, 0.5) is 0 Å². The largest absolute Gasteiger partial charge is 1.00 e. The Kier molecular flexibility index (Phi) is 7.37. The minimum absolute atomic E-state index is 0. The van der Waals surface area contributed by atoms with Crippen LogP contribution < -0.4 is 18.9 Å². The SMILES string of the molecule is C=C(C(=[C-]C(C)(C)C)O[Si](C)(C)C)C(C)(C)C.[Li+]. The monoisotopic (exact) mass is 260 g/mol. The molecular formula is C15H29LiOSi. The second kappa shape index (κ2) is 6.50. The Hall–Kier alpha value is 0.0943.